The van der Waals surface area contributed by atoms with Crippen LogP contribution in [0.1, 0.15) is 32.6 Å². The van der Waals surface area contributed by atoms with E-state index in [1.165, 1.54) is 0 Å². The normalized spacial score (nSPS) is 10.1. The summed E-state index contributed by atoms with van der Waals surface area (Å²) in [5, 5.41) is 0. The maximum absolute atomic E-state index is 10.1. The molecule has 0 aliphatic rings. The lowest BCUT2D eigenvalue weighted by Gasteiger charge is -2.03. The number of unbranched alkanes of at least 4 members (excludes halogenated alkanes) is 3. The molecule has 0 rings (SSSR count). The van der Waals surface area contributed by atoms with E-state index in [0.29, 0.717) is 0 Å². The third-order valence-corrected chi connectivity index (χ3v) is 1.78. The van der Waals surface area contributed by atoms with Crippen LogP contribution in [0.5, 0.6) is 0 Å². The number of phosphoric acid groups is 1. The molecular weight excluding hydrogens is 238 g/mol. The van der Waals surface area contributed by atoms with Gasteiger partial charge in [0.25, 0.3) is 0 Å². The van der Waals surface area contributed by atoms with Crippen LogP contribution in [0.2, 0.25) is 0 Å². The molecule has 13 heavy (non-hydrogen) atoms. The van der Waals surface area contributed by atoms with Crippen molar-refractivity contribution in [2.24, 2.45) is 0 Å². The minimum absolute atomic E-state index is 0. The first kappa shape index (κ1) is 19.3. The van der Waals surface area contributed by atoms with Crippen molar-refractivity contribution in [1.82, 2.24) is 0 Å². The summed E-state index contributed by atoms with van der Waals surface area (Å²) < 4.78 is 14.4. The van der Waals surface area contributed by atoms with Gasteiger partial charge in [0, 0.05) is 0 Å². The maximum Gasteiger partial charge on any atom is 0.469 e. The Morgan fingerprint density at radius 2 is 1.69 bits per heavy atom. The Morgan fingerprint density at radius 3 is 2.08 bits per heavy atom. The molecule has 0 aromatic rings. The van der Waals surface area contributed by atoms with Crippen LogP contribution in [0.3, 0.4) is 0 Å². The summed E-state index contributed by atoms with van der Waals surface area (Å²) in [6.45, 7) is 2.23. The van der Waals surface area contributed by atoms with E-state index in [4.69, 9.17) is 9.79 Å². The van der Waals surface area contributed by atoms with E-state index in [-0.39, 0.29) is 31.4 Å². The van der Waals surface area contributed by atoms with Gasteiger partial charge in [0.15, 0.2) is 0 Å². The molecule has 0 aliphatic heterocycles. The molecule has 0 amide bonds. The number of halogens is 2. The first-order valence-electron chi connectivity index (χ1n) is 3.76. The zero-order chi connectivity index (χ0) is 8.74. The van der Waals surface area contributed by atoms with Crippen molar-refractivity contribution in [2.75, 3.05) is 6.61 Å². The average molecular weight is 255 g/mol. The first-order chi connectivity index (χ1) is 5.06. The Labute approximate surface area is 91.1 Å². The SMILES string of the molecule is CCCCCCOP(=O)(O)O.Cl.Cl. The summed E-state index contributed by atoms with van der Waals surface area (Å²) in [5.74, 6) is 0. The quantitative estimate of drug-likeness (QED) is 0.565. The van der Waals surface area contributed by atoms with Gasteiger partial charge in [-0.15, -0.1) is 24.8 Å². The number of hydrogen-bond acceptors (Lipinski definition) is 2. The molecular formula is C6H17Cl2O4P. The number of rotatable bonds is 6. The van der Waals surface area contributed by atoms with Crippen LogP contribution in [0.4, 0.5) is 0 Å². The highest BCUT2D eigenvalue weighted by Gasteiger charge is 2.11. The predicted octanol–water partition coefficient (Wildman–Crippen LogP) is 2.52. The van der Waals surface area contributed by atoms with Gasteiger partial charge in [-0.05, 0) is 6.42 Å². The molecule has 0 spiro atoms. The van der Waals surface area contributed by atoms with Gasteiger partial charge in [0.05, 0.1) is 6.61 Å². The second-order valence-electron chi connectivity index (χ2n) is 2.38. The highest BCUT2D eigenvalue weighted by Crippen LogP contribution is 2.35. The minimum Gasteiger partial charge on any atom is -0.303 e. The van der Waals surface area contributed by atoms with Crippen molar-refractivity contribution in [1.29, 1.82) is 0 Å². The lowest BCUT2D eigenvalue weighted by Crippen LogP contribution is -1.91. The van der Waals surface area contributed by atoms with E-state index in [0.717, 1.165) is 25.7 Å². The van der Waals surface area contributed by atoms with Gasteiger partial charge in [-0.1, -0.05) is 26.2 Å². The molecule has 0 aromatic heterocycles. The summed E-state index contributed by atoms with van der Waals surface area (Å²) >= 11 is 0. The molecule has 0 aliphatic carbocycles. The lowest BCUT2D eigenvalue weighted by atomic mass is 10.2. The maximum atomic E-state index is 10.1. The highest BCUT2D eigenvalue weighted by atomic mass is 35.5. The van der Waals surface area contributed by atoms with Crippen molar-refractivity contribution in [3.05, 3.63) is 0 Å². The fraction of sp³-hybridized carbons (Fsp3) is 1.00. The monoisotopic (exact) mass is 254 g/mol. The van der Waals surface area contributed by atoms with Crippen molar-refractivity contribution >= 4 is 32.6 Å². The zero-order valence-corrected chi connectivity index (χ0v) is 10.0. The third kappa shape index (κ3) is 19.2. The molecule has 0 heterocycles. The summed E-state index contributed by atoms with van der Waals surface area (Å²) in [4.78, 5) is 16.5. The van der Waals surface area contributed by atoms with Gasteiger partial charge in [0.2, 0.25) is 0 Å². The second-order valence-corrected chi connectivity index (χ2v) is 3.62. The summed E-state index contributed by atoms with van der Waals surface area (Å²) in [7, 11) is -4.21. The van der Waals surface area contributed by atoms with E-state index in [9.17, 15) is 4.57 Å². The van der Waals surface area contributed by atoms with Crippen LogP contribution in [0.25, 0.3) is 0 Å². The largest absolute Gasteiger partial charge is 0.469 e. The van der Waals surface area contributed by atoms with Gasteiger partial charge in [-0.25, -0.2) is 4.57 Å². The van der Waals surface area contributed by atoms with Crippen LogP contribution in [0.15, 0.2) is 0 Å². The first-order valence-corrected chi connectivity index (χ1v) is 5.29. The van der Waals surface area contributed by atoms with Gasteiger partial charge >= 0.3 is 7.82 Å². The van der Waals surface area contributed by atoms with E-state index < -0.39 is 7.82 Å². The van der Waals surface area contributed by atoms with E-state index in [2.05, 4.69) is 11.4 Å². The standard InChI is InChI=1S/C6H15O4P.2ClH/c1-2-3-4-5-6-10-11(7,8)9;;/h2-6H2,1H3,(H2,7,8,9);2*1H. The molecule has 0 saturated carbocycles. The molecule has 0 fully saturated rings. The van der Waals surface area contributed by atoms with Crippen LogP contribution >= 0.6 is 32.6 Å². The van der Waals surface area contributed by atoms with Crippen LogP contribution in [-0.4, -0.2) is 16.4 Å². The Bertz CT molecular complexity index is 139. The van der Waals surface area contributed by atoms with Gasteiger partial charge < -0.3 is 9.79 Å². The predicted molar refractivity (Wildman–Crippen MR) is 56.6 cm³/mol. The minimum atomic E-state index is -4.21. The Kier molecular flexibility index (Phi) is 16.0. The molecule has 0 atom stereocenters. The Hall–Kier alpha value is 0.690. The lowest BCUT2D eigenvalue weighted by molar-refractivity contribution is 0.193. The molecule has 0 unspecified atom stereocenters. The molecule has 0 radical (unpaired) electrons. The van der Waals surface area contributed by atoms with Crippen molar-refractivity contribution in [2.45, 2.75) is 32.6 Å². The van der Waals surface area contributed by atoms with Crippen LogP contribution in [0, 0.1) is 0 Å². The molecule has 0 bridgehead atoms. The van der Waals surface area contributed by atoms with Crippen LogP contribution in [-0.2, 0) is 9.09 Å². The molecule has 7 heteroatoms. The summed E-state index contributed by atoms with van der Waals surface area (Å²) in [6.07, 6.45) is 3.88. The van der Waals surface area contributed by atoms with E-state index >= 15 is 0 Å². The molecule has 0 aromatic carbocycles. The second kappa shape index (κ2) is 10.8. The van der Waals surface area contributed by atoms with Crippen molar-refractivity contribution in [3.63, 3.8) is 0 Å². The summed E-state index contributed by atoms with van der Waals surface area (Å²) in [5.41, 5.74) is 0. The topological polar surface area (TPSA) is 66.8 Å². The smallest absolute Gasteiger partial charge is 0.303 e. The highest BCUT2D eigenvalue weighted by molar-refractivity contribution is 7.46. The molecule has 4 nitrogen and oxygen atoms in total. The fourth-order valence-electron chi connectivity index (χ4n) is 0.712. The van der Waals surface area contributed by atoms with Gasteiger partial charge in [-0.3, -0.25) is 4.52 Å². The zero-order valence-electron chi connectivity index (χ0n) is 7.51. The third-order valence-electron chi connectivity index (χ3n) is 1.26. The average Bonchev–Trinajstić information content (AvgIpc) is 1.85. The number of phosphoric ester groups is 1. The number of hydrogen-bond donors (Lipinski definition) is 2. The van der Waals surface area contributed by atoms with Crippen molar-refractivity contribution in [3.8, 4) is 0 Å². The molecule has 0 saturated heterocycles. The van der Waals surface area contributed by atoms with Gasteiger partial charge in [-0.2, -0.15) is 0 Å². The Morgan fingerprint density at radius 1 is 1.15 bits per heavy atom. The molecule has 84 valence electrons. The van der Waals surface area contributed by atoms with E-state index in [1.54, 1.807) is 0 Å². The van der Waals surface area contributed by atoms with Crippen molar-refractivity contribution < 1.29 is 18.9 Å². The van der Waals surface area contributed by atoms with Gasteiger partial charge in [0.1, 0.15) is 0 Å². The summed E-state index contributed by atoms with van der Waals surface area (Å²) in [6, 6.07) is 0. The van der Waals surface area contributed by atoms with Crippen LogP contribution < -0.4 is 0 Å². The van der Waals surface area contributed by atoms with E-state index in [1.807, 2.05) is 0 Å². The Balaban J connectivity index is -0.000000500. The fourth-order valence-corrected chi connectivity index (χ4v) is 1.08. The molecule has 2 N–H and O–H groups in total.